The number of nitrogens with zero attached hydrogens (tertiary/aromatic N) is 4. The molecule has 3 heterocycles. The first kappa shape index (κ1) is 13.5. The highest BCUT2D eigenvalue weighted by Crippen LogP contribution is 2.34. The maximum Gasteiger partial charge on any atom is 0.164 e. The zero-order valence-corrected chi connectivity index (χ0v) is 12.8. The molecule has 2 aromatic rings. The van der Waals surface area contributed by atoms with Crippen LogP contribution in [0.25, 0.3) is 5.65 Å². The number of hydrogen-bond donors (Lipinski definition) is 1. The fourth-order valence-electron chi connectivity index (χ4n) is 3.30. The molecule has 1 aliphatic rings. The summed E-state index contributed by atoms with van der Waals surface area (Å²) in [6.07, 6.45) is 2.48. The minimum atomic E-state index is -0.00542. The number of aromatic nitrogens is 4. The first-order chi connectivity index (χ1) is 9.50. The van der Waals surface area contributed by atoms with E-state index in [2.05, 4.69) is 38.7 Å². The maximum absolute atomic E-state index is 4.56. The third-order valence-corrected chi connectivity index (χ3v) is 4.58. The first-order valence-electron chi connectivity index (χ1n) is 7.40. The standard InChI is InChI=1S/C15H23N5/c1-10-8-13-18-19-14(20(13)11(2)17-10)15(3,4)12-6-5-7-16-9-12/h8,12,16H,5-7,9H2,1-4H3. The molecule has 1 saturated heterocycles. The lowest BCUT2D eigenvalue weighted by Crippen LogP contribution is -2.41. The van der Waals surface area contributed by atoms with Crippen LogP contribution in [0.15, 0.2) is 6.07 Å². The van der Waals surface area contributed by atoms with Crippen molar-refractivity contribution in [2.75, 3.05) is 13.1 Å². The van der Waals surface area contributed by atoms with Crippen molar-refractivity contribution in [2.45, 2.75) is 46.0 Å². The van der Waals surface area contributed by atoms with E-state index in [1.807, 2.05) is 19.9 Å². The van der Waals surface area contributed by atoms with E-state index in [9.17, 15) is 0 Å². The SMILES string of the molecule is Cc1cc2nnc(C(C)(C)C3CCCNC3)n2c(C)n1. The van der Waals surface area contributed by atoms with E-state index >= 15 is 0 Å². The van der Waals surface area contributed by atoms with Crippen molar-refractivity contribution in [3.63, 3.8) is 0 Å². The molecule has 0 amide bonds. The molecule has 20 heavy (non-hydrogen) atoms. The Morgan fingerprint density at radius 3 is 2.80 bits per heavy atom. The van der Waals surface area contributed by atoms with Crippen molar-refractivity contribution in [2.24, 2.45) is 5.92 Å². The number of aryl methyl sites for hydroxylation is 2. The minimum absolute atomic E-state index is 0.00542. The van der Waals surface area contributed by atoms with Crippen LogP contribution in [0, 0.1) is 19.8 Å². The van der Waals surface area contributed by atoms with Gasteiger partial charge in [0, 0.05) is 17.2 Å². The molecule has 1 atom stereocenters. The van der Waals surface area contributed by atoms with Crippen LogP contribution in [-0.2, 0) is 5.41 Å². The molecule has 0 aliphatic carbocycles. The predicted molar refractivity (Wildman–Crippen MR) is 78.9 cm³/mol. The minimum Gasteiger partial charge on any atom is -0.316 e. The lowest BCUT2D eigenvalue weighted by Gasteiger charge is -2.36. The molecule has 0 spiro atoms. The van der Waals surface area contributed by atoms with Gasteiger partial charge in [-0.3, -0.25) is 4.40 Å². The molecule has 1 unspecified atom stereocenters. The van der Waals surface area contributed by atoms with Gasteiger partial charge in [-0.15, -0.1) is 10.2 Å². The van der Waals surface area contributed by atoms with E-state index in [0.29, 0.717) is 5.92 Å². The average molecular weight is 273 g/mol. The molecule has 3 rings (SSSR count). The van der Waals surface area contributed by atoms with Crippen molar-refractivity contribution in [3.8, 4) is 0 Å². The predicted octanol–water partition coefficient (Wildman–Crippen LogP) is 2.02. The molecule has 0 bridgehead atoms. The van der Waals surface area contributed by atoms with Crippen LogP contribution in [0.3, 0.4) is 0 Å². The Morgan fingerprint density at radius 2 is 2.10 bits per heavy atom. The highest BCUT2D eigenvalue weighted by atomic mass is 15.3. The second-order valence-corrected chi connectivity index (χ2v) is 6.43. The quantitative estimate of drug-likeness (QED) is 0.909. The van der Waals surface area contributed by atoms with Crippen LogP contribution >= 0.6 is 0 Å². The molecule has 1 fully saturated rings. The molecular weight excluding hydrogens is 250 g/mol. The second kappa shape index (κ2) is 4.81. The largest absolute Gasteiger partial charge is 0.316 e. The molecule has 1 aliphatic heterocycles. The van der Waals surface area contributed by atoms with Gasteiger partial charge in [0.1, 0.15) is 11.6 Å². The molecule has 108 valence electrons. The monoisotopic (exact) mass is 273 g/mol. The number of piperidine rings is 1. The van der Waals surface area contributed by atoms with Crippen LogP contribution < -0.4 is 5.32 Å². The van der Waals surface area contributed by atoms with Crippen LogP contribution in [0.1, 0.15) is 44.0 Å². The van der Waals surface area contributed by atoms with E-state index in [1.54, 1.807) is 0 Å². The van der Waals surface area contributed by atoms with Gasteiger partial charge in [0.05, 0.1) is 0 Å². The van der Waals surface area contributed by atoms with E-state index in [-0.39, 0.29) is 5.41 Å². The Bertz CT molecular complexity index is 622. The Kier molecular flexibility index (Phi) is 3.24. The molecule has 5 nitrogen and oxygen atoms in total. The highest BCUT2D eigenvalue weighted by Gasteiger charge is 2.36. The third-order valence-electron chi connectivity index (χ3n) is 4.58. The molecule has 1 N–H and O–H groups in total. The van der Waals surface area contributed by atoms with Crippen molar-refractivity contribution in [1.29, 1.82) is 0 Å². The van der Waals surface area contributed by atoms with Gasteiger partial charge in [0.15, 0.2) is 5.65 Å². The summed E-state index contributed by atoms with van der Waals surface area (Å²) in [5, 5.41) is 12.3. The molecule has 5 heteroatoms. The van der Waals surface area contributed by atoms with Gasteiger partial charge >= 0.3 is 0 Å². The van der Waals surface area contributed by atoms with E-state index < -0.39 is 0 Å². The summed E-state index contributed by atoms with van der Waals surface area (Å²) in [4.78, 5) is 4.56. The van der Waals surface area contributed by atoms with Crippen molar-refractivity contribution in [1.82, 2.24) is 24.9 Å². The first-order valence-corrected chi connectivity index (χ1v) is 7.40. The molecule has 0 saturated carbocycles. The smallest absolute Gasteiger partial charge is 0.164 e. The van der Waals surface area contributed by atoms with E-state index in [1.165, 1.54) is 12.8 Å². The lowest BCUT2D eigenvalue weighted by atomic mass is 9.74. The van der Waals surface area contributed by atoms with Crippen LogP contribution in [-0.4, -0.2) is 32.7 Å². The number of rotatable bonds is 2. The van der Waals surface area contributed by atoms with Crippen molar-refractivity contribution >= 4 is 5.65 Å². The summed E-state index contributed by atoms with van der Waals surface area (Å²) in [5.74, 6) is 2.59. The average Bonchev–Trinajstić information content (AvgIpc) is 2.84. The Balaban J connectivity index is 2.09. The Labute approximate surface area is 119 Å². The zero-order valence-electron chi connectivity index (χ0n) is 12.8. The summed E-state index contributed by atoms with van der Waals surface area (Å²) >= 11 is 0. The highest BCUT2D eigenvalue weighted by molar-refractivity contribution is 5.41. The van der Waals surface area contributed by atoms with Crippen LogP contribution in [0.4, 0.5) is 0 Å². The van der Waals surface area contributed by atoms with Crippen molar-refractivity contribution < 1.29 is 0 Å². The normalized spacial score (nSPS) is 20.5. The maximum atomic E-state index is 4.56. The summed E-state index contributed by atoms with van der Waals surface area (Å²) in [7, 11) is 0. The van der Waals surface area contributed by atoms with Crippen molar-refractivity contribution in [3.05, 3.63) is 23.4 Å². The van der Waals surface area contributed by atoms with Gasteiger partial charge in [0.2, 0.25) is 0 Å². The van der Waals surface area contributed by atoms with Gasteiger partial charge in [-0.05, 0) is 45.7 Å². The fraction of sp³-hybridized carbons (Fsp3) is 0.667. The second-order valence-electron chi connectivity index (χ2n) is 6.43. The summed E-state index contributed by atoms with van der Waals surface area (Å²) in [6, 6.07) is 2.00. The van der Waals surface area contributed by atoms with Crippen LogP contribution in [0.5, 0.6) is 0 Å². The Morgan fingerprint density at radius 1 is 1.30 bits per heavy atom. The Hall–Kier alpha value is -1.49. The zero-order chi connectivity index (χ0) is 14.3. The lowest BCUT2D eigenvalue weighted by molar-refractivity contribution is 0.239. The molecule has 2 aromatic heterocycles. The molecule has 0 radical (unpaired) electrons. The summed E-state index contributed by atoms with van der Waals surface area (Å²) in [6.45, 7) is 10.8. The number of nitrogens with one attached hydrogen (secondary N) is 1. The van der Waals surface area contributed by atoms with Gasteiger partial charge < -0.3 is 5.32 Å². The fourth-order valence-corrected chi connectivity index (χ4v) is 3.30. The topological polar surface area (TPSA) is 55.1 Å². The van der Waals surface area contributed by atoms with Gasteiger partial charge in [-0.2, -0.15) is 0 Å². The molecular formula is C15H23N5. The summed E-state index contributed by atoms with van der Waals surface area (Å²) < 4.78 is 2.11. The van der Waals surface area contributed by atoms with Gasteiger partial charge in [-0.1, -0.05) is 13.8 Å². The van der Waals surface area contributed by atoms with E-state index in [4.69, 9.17) is 0 Å². The summed E-state index contributed by atoms with van der Waals surface area (Å²) in [5.41, 5.74) is 1.89. The number of hydrogen-bond acceptors (Lipinski definition) is 4. The number of fused-ring (bicyclic) bond motifs is 1. The third kappa shape index (κ3) is 2.10. The van der Waals surface area contributed by atoms with Crippen LogP contribution in [0.2, 0.25) is 0 Å². The van der Waals surface area contributed by atoms with Gasteiger partial charge in [-0.25, -0.2) is 4.98 Å². The molecule has 0 aromatic carbocycles. The van der Waals surface area contributed by atoms with E-state index in [0.717, 1.165) is 36.1 Å². The van der Waals surface area contributed by atoms with Gasteiger partial charge in [0.25, 0.3) is 0 Å².